The molecular weight excluding hydrogens is 481 g/mol. The second-order valence-electron chi connectivity index (χ2n) is 7.91. The third-order valence-corrected chi connectivity index (χ3v) is 8.29. The smallest absolute Gasteiger partial charge is 0.369 e. The van der Waals surface area contributed by atoms with E-state index in [-0.39, 0.29) is 32.6 Å². The minimum absolute atomic E-state index is 0.0540. The van der Waals surface area contributed by atoms with Gasteiger partial charge in [-0.05, 0) is 55.8 Å². The predicted octanol–water partition coefficient (Wildman–Crippen LogP) is 2.04. The molecule has 2 aliphatic rings. The Morgan fingerprint density at radius 3 is 2.30 bits per heavy atom. The average Bonchev–Trinajstić information content (AvgIpc) is 3.13. The molecule has 7 N–H and O–H groups in total. The van der Waals surface area contributed by atoms with Crippen molar-refractivity contribution in [1.82, 2.24) is 16.2 Å². The standard InChI is InChI=1S/C20H22ClF3N6O2S/c21-16-10-12(20(26)28-18(25)29-30-20)9-15(19(22,23)24)17(16)11-1-3-13(4-2-11)33(31,32)14-5-7-27-8-6-14/h1-4,9-10,14,27,30H,5-8,26H2,(H3,25,28,29). The van der Waals surface area contributed by atoms with Gasteiger partial charge in [-0.2, -0.15) is 18.6 Å². The van der Waals surface area contributed by atoms with Gasteiger partial charge in [-0.15, -0.1) is 0 Å². The van der Waals surface area contributed by atoms with Gasteiger partial charge in [-0.25, -0.2) is 13.4 Å². The maximum atomic E-state index is 14.0. The molecule has 2 aromatic rings. The normalized spacial score (nSPS) is 22.2. The van der Waals surface area contributed by atoms with E-state index in [1.165, 1.54) is 30.3 Å². The van der Waals surface area contributed by atoms with Gasteiger partial charge < -0.3 is 11.1 Å². The SMILES string of the molecule is NC1=NC(N)(c2cc(Cl)c(-c3ccc(S(=O)(=O)C4CCNCC4)cc3)c(C(F)(F)F)c2)NN1. The minimum Gasteiger partial charge on any atom is -0.369 e. The van der Waals surface area contributed by atoms with Gasteiger partial charge >= 0.3 is 6.18 Å². The van der Waals surface area contributed by atoms with Gasteiger partial charge in [0.2, 0.25) is 11.7 Å². The molecule has 1 saturated heterocycles. The van der Waals surface area contributed by atoms with E-state index in [1.807, 2.05) is 0 Å². The zero-order valence-electron chi connectivity index (χ0n) is 17.2. The van der Waals surface area contributed by atoms with Gasteiger partial charge in [-0.3, -0.25) is 11.2 Å². The summed E-state index contributed by atoms with van der Waals surface area (Å²) in [5.41, 5.74) is 15.3. The van der Waals surface area contributed by atoms with Crippen molar-refractivity contribution in [3.05, 3.63) is 52.5 Å². The predicted molar refractivity (Wildman–Crippen MR) is 119 cm³/mol. The summed E-state index contributed by atoms with van der Waals surface area (Å²) in [6.45, 7) is 1.20. The number of rotatable bonds is 4. The Hall–Kier alpha value is -2.38. The van der Waals surface area contributed by atoms with Gasteiger partial charge in [0.05, 0.1) is 15.7 Å². The maximum absolute atomic E-state index is 14.0. The first-order valence-electron chi connectivity index (χ1n) is 10.1. The number of hydrazine groups is 1. The van der Waals surface area contributed by atoms with Crippen LogP contribution >= 0.6 is 11.6 Å². The van der Waals surface area contributed by atoms with Crippen LogP contribution in [0.25, 0.3) is 11.1 Å². The van der Waals surface area contributed by atoms with Crippen LogP contribution < -0.4 is 27.6 Å². The number of hydrogen-bond donors (Lipinski definition) is 5. The lowest BCUT2D eigenvalue weighted by Crippen LogP contribution is -2.50. The van der Waals surface area contributed by atoms with Crippen molar-refractivity contribution in [2.24, 2.45) is 16.5 Å². The molecule has 33 heavy (non-hydrogen) atoms. The van der Waals surface area contributed by atoms with E-state index in [2.05, 4.69) is 21.2 Å². The van der Waals surface area contributed by atoms with Gasteiger partial charge in [0.15, 0.2) is 9.84 Å². The molecule has 0 radical (unpaired) electrons. The second kappa shape index (κ2) is 8.44. The molecule has 0 bridgehead atoms. The van der Waals surface area contributed by atoms with Crippen molar-refractivity contribution in [3.8, 4) is 11.1 Å². The molecule has 1 atom stereocenters. The monoisotopic (exact) mass is 502 g/mol. The molecular formula is C20H22ClF3N6O2S. The molecule has 0 aliphatic carbocycles. The molecule has 4 rings (SSSR count). The van der Waals surface area contributed by atoms with E-state index in [1.54, 1.807) is 0 Å². The number of nitrogens with one attached hydrogen (secondary N) is 3. The summed E-state index contributed by atoms with van der Waals surface area (Å²) in [6, 6.07) is 7.39. The van der Waals surface area contributed by atoms with Crippen molar-refractivity contribution in [3.63, 3.8) is 0 Å². The molecule has 1 unspecified atom stereocenters. The quantitative estimate of drug-likeness (QED) is 0.432. The van der Waals surface area contributed by atoms with E-state index in [4.69, 9.17) is 23.1 Å². The van der Waals surface area contributed by atoms with Crippen LogP contribution in [-0.4, -0.2) is 32.7 Å². The molecule has 8 nitrogen and oxygen atoms in total. The lowest BCUT2D eigenvalue weighted by molar-refractivity contribution is -0.137. The molecule has 178 valence electrons. The zero-order valence-corrected chi connectivity index (χ0v) is 18.8. The molecule has 0 saturated carbocycles. The summed E-state index contributed by atoms with van der Waals surface area (Å²) >= 11 is 6.29. The van der Waals surface area contributed by atoms with Crippen LogP contribution in [0.1, 0.15) is 24.0 Å². The number of alkyl halides is 3. The van der Waals surface area contributed by atoms with E-state index in [0.29, 0.717) is 25.9 Å². The Morgan fingerprint density at radius 2 is 1.76 bits per heavy atom. The number of nitrogens with two attached hydrogens (primary N) is 2. The number of halogens is 4. The van der Waals surface area contributed by atoms with Crippen molar-refractivity contribution < 1.29 is 21.6 Å². The fourth-order valence-electron chi connectivity index (χ4n) is 4.00. The Kier molecular flexibility index (Phi) is 6.08. The van der Waals surface area contributed by atoms with E-state index in [9.17, 15) is 21.6 Å². The Morgan fingerprint density at radius 1 is 1.12 bits per heavy atom. The van der Waals surface area contributed by atoms with Gasteiger partial charge in [-0.1, -0.05) is 23.7 Å². The molecule has 2 aliphatic heterocycles. The highest BCUT2D eigenvalue weighted by Crippen LogP contribution is 2.43. The van der Waals surface area contributed by atoms with Gasteiger partial charge in [0, 0.05) is 16.1 Å². The molecule has 0 amide bonds. The maximum Gasteiger partial charge on any atom is 0.417 e. The van der Waals surface area contributed by atoms with E-state index < -0.39 is 32.6 Å². The first kappa shape index (κ1) is 23.8. The molecule has 2 heterocycles. The number of hydrogen-bond acceptors (Lipinski definition) is 8. The van der Waals surface area contributed by atoms with E-state index >= 15 is 0 Å². The number of piperidine rings is 1. The molecule has 2 aromatic carbocycles. The third kappa shape index (κ3) is 4.53. The summed E-state index contributed by atoms with van der Waals surface area (Å²) in [5, 5.41) is 2.36. The van der Waals surface area contributed by atoms with Crippen LogP contribution in [0.15, 0.2) is 46.3 Å². The Bertz CT molecular complexity index is 1200. The second-order valence-corrected chi connectivity index (χ2v) is 10.5. The number of guanidine groups is 1. The number of aliphatic imine (C=N–C) groups is 1. The lowest BCUT2D eigenvalue weighted by atomic mass is 9.95. The minimum atomic E-state index is -4.77. The molecule has 0 aromatic heterocycles. The largest absolute Gasteiger partial charge is 0.417 e. The summed E-state index contributed by atoms with van der Waals surface area (Å²) < 4.78 is 67.8. The summed E-state index contributed by atoms with van der Waals surface area (Å²) in [6.07, 6.45) is -3.81. The van der Waals surface area contributed by atoms with Gasteiger partial charge in [0.25, 0.3) is 0 Å². The van der Waals surface area contributed by atoms with Crippen LogP contribution in [0.4, 0.5) is 13.2 Å². The van der Waals surface area contributed by atoms with Crippen molar-refractivity contribution in [1.29, 1.82) is 0 Å². The fourth-order valence-corrected chi connectivity index (χ4v) is 6.08. The first-order valence-corrected chi connectivity index (χ1v) is 12.0. The highest BCUT2D eigenvalue weighted by Gasteiger charge is 2.39. The van der Waals surface area contributed by atoms with Crippen molar-refractivity contribution >= 4 is 27.4 Å². The number of nitrogens with zero attached hydrogens (tertiary/aromatic N) is 1. The Balaban J connectivity index is 1.76. The summed E-state index contributed by atoms with van der Waals surface area (Å²) in [4.78, 5) is 3.95. The highest BCUT2D eigenvalue weighted by molar-refractivity contribution is 7.92. The summed E-state index contributed by atoms with van der Waals surface area (Å²) in [7, 11) is -3.59. The van der Waals surface area contributed by atoms with Crippen LogP contribution in [-0.2, 0) is 21.8 Å². The lowest BCUT2D eigenvalue weighted by Gasteiger charge is -2.24. The molecule has 0 spiro atoms. The topological polar surface area (TPSA) is 135 Å². The molecule has 1 fully saturated rings. The Labute approximate surface area is 193 Å². The van der Waals surface area contributed by atoms with Crippen LogP contribution in [0.3, 0.4) is 0 Å². The number of sulfone groups is 1. The highest BCUT2D eigenvalue weighted by atomic mass is 35.5. The van der Waals surface area contributed by atoms with Crippen molar-refractivity contribution in [2.75, 3.05) is 13.1 Å². The third-order valence-electron chi connectivity index (χ3n) is 5.71. The van der Waals surface area contributed by atoms with Crippen LogP contribution in [0, 0.1) is 0 Å². The average molecular weight is 503 g/mol. The number of benzene rings is 2. The first-order chi connectivity index (χ1) is 15.4. The van der Waals surface area contributed by atoms with Crippen LogP contribution in [0.5, 0.6) is 0 Å². The van der Waals surface area contributed by atoms with Gasteiger partial charge in [0.1, 0.15) is 0 Å². The molecule has 13 heteroatoms. The zero-order chi connectivity index (χ0) is 24.0. The van der Waals surface area contributed by atoms with Crippen molar-refractivity contribution in [2.45, 2.75) is 35.0 Å². The summed E-state index contributed by atoms with van der Waals surface area (Å²) in [5.74, 6) is -1.82. The van der Waals surface area contributed by atoms with Crippen LogP contribution in [0.2, 0.25) is 5.02 Å². The fraction of sp³-hybridized carbons (Fsp3) is 0.350. The van der Waals surface area contributed by atoms with E-state index in [0.717, 1.165) is 6.07 Å².